The summed E-state index contributed by atoms with van der Waals surface area (Å²) in [6.45, 7) is 0.473. The molecule has 0 radical (unpaired) electrons. The summed E-state index contributed by atoms with van der Waals surface area (Å²) in [5.41, 5.74) is 7.37. The molecule has 1 aromatic carbocycles. The Hall–Kier alpha value is -1.71. The van der Waals surface area contributed by atoms with Crippen LogP contribution in [0, 0.1) is 0 Å². The van der Waals surface area contributed by atoms with Gasteiger partial charge in [-0.1, -0.05) is 12.1 Å². The number of benzene rings is 1. The Balaban J connectivity index is 2.14. The summed E-state index contributed by atoms with van der Waals surface area (Å²) in [6.07, 6.45) is 0.452. The number of ether oxygens (including phenoxy) is 1. The number of carbonyl (C=O) groups excluding carboxylic acids is 1. The largest absolute Gasteiger partial charge is 0.449 e. The van der Waals surface area contributed by atoms with Crippen LogP contribution in [-0.4, -0.2) is 12.7 Å². The molecule has 1 aliphatic rings. The minimum atomic E-state index is -0.349. The first kappa shape index (κ1) is 8.87. The van der Waals surface area contributed by atoms with Crippen molar-refractivity contribution in [2.24, 2.45) is 0 Å². The maximum absolute atomic E-state index is 11.0. The van der Waals surface area contributed by atoms with E-state index in [0.29, 0.717) is 6.61 Å². The average molecular weight is 192 g/mol. The molecule has 1 fully saturated rings. The number of cyclic esters (lactones) is 1. The van der Waals surface area contributed by atoms with E-state index in [1.165, 1.54) is 0 Å². The lowest BCUT2D eigenvalue weighted by Gasteiger charge is -2.23. The van der Waals surface area contributed by atoms with Gasteiger partial charge in [-0.25, -0.2) is 4.79 Å². The molecule has 4 heteroatoms. The van der Waals surface area contributed by atoms with Crippen molar-refractivity contribution in [3.63, 3.8) is 0 Å². The lowest BCUT2D eigenvalue weighted by Crippen LogP contribution is -2.35. The second kappa shape index (κ2) is 3.57. The van der Waals surface area contributed by atoms with Gasteiger partial charge in [0.25, 0.3) is 0 Å². The van der Waals surface area contributed by atoms with E-state index in [4.69, 9.17) is 10.5 Å². The van der Waals surface area contributed by atoms with Crippen LogP contribution in [0.3, 0.4) is 0 Å². The molecule has 74 valence electrons. The van der Waals surface area contributed by atoms with Crippen molar-refractivity contribution in [3.05, 3.63) is 29.8 Å². The molecule has 2 rings (SSSR count). The first-order valence-corrected chi connectivity index (χ1v) is 4.54. The van der Waals surface area contributed by atoms with Crippen LogP contribution < -0.4 is 11.1 Å². The number of carbonyl (C=O) groups is 1. The normalized spacial score (nSPS) is 21.1. The molecule has 0 bridgehead atoms. The Labute approximate surface area is 82.1 Å². The minimum absolute atomic E-state index is 0.0526. The summed E-state index contributed by atoms with van der Waals surface area (Å²) < 4.78 is 4.78. The number of rotatable bonds is 1. The quantitative estimate of drug-likeness (QED) is 0.662. The van der Waals surface area contributed by atoms with E-state index in [1.54, 1.807) is 0 Å². The Morgan fingerprint density at radius 1 is 1.36 bits per heavy atom. The van der Waals surface area contributed by atoms with E-state index in [1.807, 2.05) is 24.3 Å². The summed E-state index contributed by atoms with van der Waals surface area (Å²) in [4.78, 5) is 11.0. The summed E-state index contributed by atoms with van der Waals surface area (Å²) in [5.74, 6) is 0. The van der Waals surface area contributed by atoms with E-state index in [9.17, 15) is 4.79 Å². The van der Waals surface area contributed by atoms with Crippen molar-refractivity contribution in [2.45, 2.75) is 12.5 Å². The van der Waals surface area contributed by atoms with Crippen LogP contribution in [0.5, 0.6) is 0 Å². The van der Waals surface area contributed by atoms with E-state index < -0.39 is 0 Å². The molecular formula is C10H12N2O2. The maximum Gasteiger partial charge on any atom is 0.407 e. The van der Waals surface area contributed by atoms with Crippen molar-refractivity contribution in [3.8, 4) is 0 Å². The fourth-order valence-corrected chi connectivity index (χ4v) is 1.50. The molecule has 0 aromatic heterocycles. The van der Waals surface area contributed by atoms with Crippen LogP contribution in [0.25, 0.3) is 0 Å². The highest BCUT2D eigenvalue weighted by atomic mass is 16.5. The van der Waals surface area contributed by atoms with Gasteiger partial charge in [-0.05, 0) is 17.7 Å². The van der Waals surface area contributed by atoms with E-state index in [-0.39, 0.29) is 12.1 Å². The highest BCUT2D eigenvalue weighted by molar-refractivity contribution is 5.68. The third kappa shape index (κ3) is 1.79. The first-order valence-electron chi connectivity index (χ1n) is 4.54. The number of anilines is 1. The molecule has 1 saturated heterocycles. The van der Waals surface area contributed by atoms with Gasteiger partial charge in [0, 0.05) is 12.1 Å². The monoisotopic (exact) mass is 192 g/mol. The molecule has 1 amide bonds. The Bertz CT molecular complexity index is 334. The first-order chi connectivity index (χ1) is 6.75. The highest BCUT2D eigenvalue weighted by Crippen LogP contribution is 2.20. The number of nitrogens with one attached hydrogen (secondary N) is 1. The fraction of sp³-hybridized carbons (Fsp3) is 0.300. The van der Waals surface area contributed by atoms with Gasteiger partial charge in [0.15, 0.2) is 0 Å². The zero-order chi connectivity index (χ0) is 9.97. The topological polar surface area (TPSA) is 64.3 Å². The van der Waals surface area contributed by atoms with Gasteiger partial charge in [-0.2, -0.15) is 0 Å². The second-order valence-electron chi connectivity index (χ2n) is 3.29. The van der Waals surface area contributed by atoms with Gasteiger partial charge in [0.1, 0.15) is 0 Å². The van der Waals surface area contributed by atoms with Crippen molar-refractivity contribution in [1.29, 1.82) is 0 Å². The van der Waals surface area contributed by atoms with Gasteiger partial charge in [0.2, 0.25) is 0 Å². The Morgan fingerprint density at radius 2 is 2.07 bits per heavy atom. The maximum atomic E-state index is 11.0. The summed E-state index contributed by atoms with van der Waals surface area (Å²) >= 11 is 0. The standard InChI is InChI=1S/C10H12N2O2/c11-8-3-1-7(2-4-8)9-5-6-14-10(13)12-9/h1-4,9H,5-6,11H2,(H,12,13). The zero-order valence-corrected chi connectivity index (χ0v) is 7.69. The van der Waals surface area contributed by atoms with Gasteiger partial charge in [-0.15, -0.1) is 0 Å². The molecular weight excluding hydrogens is 180 g/mol. The number of nitrogen functional groups attached to an aromatic ring is 1. The number of alkyl carbamates (subject to hydrolysis) is 1. The molecule has 0 aliphatic carbocycles. The molecule has 1 aliphatic heterocycles. The zero-order valence-electron chi connectivity index (χ0n) is 7.69. The van der Waals surface area contributed by atoms with E-state index in [0.717, 1.165) is 17.7 Å². The predicted molar refractivity (Wildman–Crippen MR) is 52.7 cm³/mol. The van der Waals surface area contributed by atoms with Crippen LogP contribution in [0.1, 0.15) is 18.0 Å². The number of nitrogens with two attached hydrogens (primary N) is 1. The van der Waals surface area contributed by atoms with Crippen molar-refractivity contribution in [2.75, 3.05) is 12.3 Å². The SMILES string of the molecule is Nc1ccc(C2CCOC(=O)N2)cc1. The van der Waals surface area contributed by atoms with Crippen LogP contribution in [0.2, 0.25) is 0 Å². The van der Waals surface area contributed by atoms with Crippen LogP contribution in [0.15, 0.2) is 24.3 Å². The summed E-state index contributed by atoms with van der Waals surface area (Å²) in [7, 11) is 0. The molecule has 4 nitrogen and oxygen atoms in total. The van der Waals surface area contributed by atoms with E-state index >= 15 is 0 Å². The molecule has 1 atom stereocenters. The third-order valence-corrected chi connectivity index (χ3v) is 2.27. The highest BCUT2D eigenvalue weighted by Gasteiger charge is 2.20. The van der Waals surface area contributed by atoms with Crippen LogP contribution in [0.4, 0.5) is 10.5 Å². The fourth-order valence-electron chi connectivity index (χ4n) is 1.50. The van der Waals surface area contributed by atoms with Gasteiger partial charge < -0.3 is 15.8 Å². The molecule has 0 spiro atoms. The molecule has 1 aromatic rings. The number of hydrogen-bond donors (Lipinski definition) is 2. The second-order valence-corrected chi connectivity index (χ2v) is 3.29. The number of amides is 1. The molecule has 1 heterocycles. The Kier molecular flexibility index (Phi) is 2.26. The summed E-state index contributed by atoms with van der Waals surface area (Å²) in [6, 6.07) is 7.56. The van der Waals surface area contributed by atoms with Crippen LogP contribution in [-0.2, 0) is 4.74 Å². The van der Waals surface area contributed by atoms with Gasteiger partial charge in [0.05, 0.1) is 12.6 Å². The average Bonchev–Trinajstić information content (AvgIpc) is 2.19. The smallest absolute Gasteiger partial charge is 0.407 e. The van der Waals surface area contributed by atoms with Crippen molar-refractivity contribution < 1.29 is 9.53 Å². The lowest BCUT2D eigenvalue weighted by atomic mass is 10.0. The molecule has 0 saturated carbocycles. The van der Waals surface area contributed by atoms with Gasteiger partial charge >= 0.3 is 6.09 Å². The van der Waals surface area contributed by atoms with Gasteiger partial charge in [-0.3, -0.25) is 0 Å². The third-order valence-electron chi connectivity index (χ3n) is 2.27. The molecule has 14 heavy (non-hydrogen) atoms. The molecule has 3 N–H and O–H groups in total. The van der Waals surface area contributed by atoms with E-state index in [2.05, 4.69) is 5.32 Å². The minimum Gasteiger partial charge on any atom is -0.449 e. The van der Waals surface area contributed by atoms with Crippen molar-refractivity contribution >= 4 is 11.8 Å². The van der Waals surface area contributed by atoms with Crippen molar-refractivity contribution in [1.82, 2.24) is 5.32 Å². The Morgan fingerprint density at radius 3 is 2.71 bits per heavy atom. The van der Waals surface area contributed by atoms with Crippen LogP contribution >= 0.6 is 0 Å². The lowest BCUT2D eigenvalue weighted by molar-refractivity contribution is 0.115. The summed E-state index contributed by atoms with van der Waals surface area (Å²) in [5, 5.41) is 2.75. The number of hydrogen-bond acceptors (Lipinski definition) is 3. The molecule has 1 unspecified atom stereocenters. The predicted octanol–water partition coefficient (Wildman–Crippen LogP) is 1.44.